The fourth-order valence-corrected chi connectivity index (χ4v) is 6.28. The molecule has 2 aromatic heterocycles. The quantitative estimate of drug-likeness (QED) is 0.319. The Morgan fingerprint density at radius 1 is 1.14 bits per heavy atom. The summed E-state index contributed by atoms with van der Waals surface area (Å²) in [6, 6.07) is 5.77. The minimum absolute atomic E-state index is 0.0190. The number of hydrogen-bond donors (Lipinski definition) is 2. The summed E-state index contributed by atoms with van der Waals surface area (Å²) in [5.41, 5.74) is 3.68. The molecule has 0 radical (unpaired) electrons. The van der Waals surface area contributed by atoms with Gasteiger partial charge < -0.3 is 19.9 Å². The van der Waals surface area contributed by atoms with Crippen LogP contribution < -0.4 is 15.4 Å². The van der Waals surface area contributed by atoms with Crippen molar-refractivity contribution in [2.75, 3.05) is 26.2 Å². The Balaban J connectivity index is 1.25. The number of ether oxygens (including phenoxy) is 1. The minimum Gasteiger partial charge on any atom is -0.493 e. The second kappa shape index (κ2) is 15.6. The fourth-order valence-electron chi connectivity index (χ4n) is 6.08. The lowest BCUT2D eigenvalue weighted by Gasteiger charge is -2.25. The number of hydrogen-bond acceptors (Lipinski definition) is 6. The third-order valence-electron chi connectivity index (χ3n) is 8.45. The minimum atomic E-state index is -0.126. The molecular formula is C33H46ClN7O3. The topological polar surface area (TPSA) is 106 Å². The first-order valence-electron chi connectivity index (χ1n) is 16.1. The molecule has 3 aromatic rings. The number of halogens is 1. The van der Waals surface area contributed by atoms with Crippen molar-refractivity contribution in [1.82, 2.24) is 34.9 Å². The van der Waals surface area contributed by atoms with Gasteiger partial charge >= 0.3 is 0 Å². The van der Waals surface area contributed by atoms with Crippen LogP contribution in [0.3, 0.4) is 0 Å². The summed E-state index contributed by atoms with van der Waals surface area (Å²) < 4.78 is 10.3. The van der Waals surface area contributed by atoms with Crippen LogP contribution in [0, 0.1) is 5.92 Å². The average Bonchev–Trinajstić information content (AvgIpc) is 3.64. The highest BCUT2D eigenvalue weighted by atomic mass is 35.5. The van der Waals surface area contributed by atoms with E-state index < -0.39 is 0 Å². The van der Waals surface area contributed by atoms with E-state index in [-0.39, 0.29) is 17.9 Å². The van der Waals surface area contributed by atoms with Crippen LogP contribution >= 0.6 is 11.6 Å². The van der Waals surface area contributed by atoms with Crippen LogP contribution in [0.25, 0.3) is 0 Å². The van der Waals surface area contributed by atoms with Crippen molar-refractivity contribution >= 4 is 23.4 Å². The third-order valence-corrected chi connectivity index (χ3v) is 8.69. The number of aromatic nitrogens is 4. The SMILES string of the molecule is CC(C)CCn1nc2c3c1CCC(C3)NC(=O)CCCN(Cc1cc(Cl)ccc1OCCCn1ccnc1)CCCNC2=O. The van der Waals surface area contributed by atoms with Crippen molar-refractivity contribution in [2.45, 2.75) is 90.9 Å². The number of carbonyl (C=O) groups is 2. The Labute approximate surface area is 265 Å². The summed E-state index contributed by atoms with van der Waals surface area (Å²) in [6.45, 7) is 9.34. The first-order valence-corrected chi connectivity index (χ1v) is 16.5. The molecule has 0 spiro atoms. The largest absolute Gasteiger partial charge is 0.493 e. The van der Waals surface area contributed by atoms with Gasteiger partial charge in [-0.15, -0.1) is 0 Å². The molecule has 1 unspecified atom stereocenters. The van der Waals surface area contributed by atoms with Gasteiger partial charge in [-0.25, -0.2) is 4.98 Å². The van der Waals surface area contributed by atoms with Gasteiger partial charge in [0.1, 0.15) is 5.75 Å². The number of amides is 2. The zero-order valence-corrected chi connectivity index (χ0v) is 26.8. The monoisotopic (exact) mass is 623 g/mol. The zero-order valence-electron chi connectivity index (χ0n) is 26.1. The van der Waals surface area contributed by atoms with Gasteiger partial charge in [0.05, 0.1) is 12.9 Å². The summed E-state index contributed by atoms with van der Waals surface area (Å²) >= 11 is 6.41. The Morgan fingerprint density at radius 3 is 2.82 bits per heavy atom. The lowest BCUT2D eigenvalue weighted by atomic mass is 9.91. The van der Waals surface area contributed by atoms with Gasteiger partial charge in [-0.3, -0.25) is 19.2 Å². The molecule has 11 heteroatoms. The summed E-state index contributed by atoms with van der Waals surface area (Å²) in [7, 11) is 0. The number of benzene rings is 1. The van der Waals surface area contributed by atoms with E-state index >= 15 is 0 Å². The lowest BCUT2D eigenvalue weighted by Crippen LogP contribution is -2.39. The highest BCUT2D eigenvalue weighted by molar-refractivity contribution is 6.30. The zero-order chi connectivity index (χ0) is 30.9. The first-order chi connectivity index (χ1) is 21.4. The normalized spacial score (nSPS) is 18.4. The van der Waals surface area contributed by atoms with Gasteiger partial charge in [0, 0.05) is 79.4 Å². The molecule has 238 valence electrons. The molecule has 2 N–H and O–H groups in total. The molecule has 1 aliphatic heterocycles. The predicted molar refractivity (Wildman–Crippen MR) is 171 cm³/mol. The molecule has 0 saturated carbocycles. The van der Waals surface area contributed by atoms with Crippen molar-refractivity contribution in [2.24, 2.45) is 5.92 Å². The maximum absolute atomic E-state index is 13.4. The maximum Gasteiger partial charge on any atom is 0.272 e. The van der Waals surface area contributed by atoms with E-state index in [1.165, 1.54) is 0 Å². The number of rotatable bonds is 10. The Kier molecular flexibility index (Phi) is 11.3. The smallest absolute Gasteiger partial charge is 0.272 e. The number of aryl methyl sites for hydroxylation is 2. The van der Waals surface area contributed by atoms with Crippen molar-refractivity contribution in [3.05, 3.63) is 64.5 Å². The molecule has 0 fully saturated rings. The molecule has 2 amide bonds. The van der Waals surface area contributed by atoms with E-state index in [0.29, 0.717) is 49.2 Å². The van der Waals surface area contributed by atoms with Crippen LogP contribution in [0.5, 0.6) is 5.75 Å². The summed E-state index contributed by atoms with van der Waals surface area (Å²) in [5, 5.41) is 11.8. The molecule has 0 saturated heterocycles. The van der Waals surface area contributed by atoms with Crippen molar-refractivity contribution in [1.29, 1.82) is 0 Å². The van der Waals surface area contributed by atoms with Gasteiger partial charge in [-0.2, -0.15) is 5.10 Å². The van der Waals surface area contributed by atoms with E-state index in [1.807, 2.05) is 40.0 Å². The van der Waals surface area contributed by atoms with E-state index in [0.717, 1.165) is 87.3 Å². The van der Waals surface area contributed by atoms with Crippen LogP contribution in [0.2, 0.25) is 5.02 Å². The number of nitrogens with zero attached hydrogens (tertiary/aromatic N) is 5. The van der Waals surface area contributed by atoms with E-state index in [1.54, 1.807) is 6.20 Å². The second-order valence-corrected chi connectivity index (χ2v) is 12.9. The maximum atomic E-state index is 13.4. The Morgan fingerprint density at radius 2 is 2.00 bits per heavy atom. The van der Waals surface area contributed by atoms with Crippen molar-refractivity contribution in [3.63, 3.8) is 0 Å². The van der Waals surface area contributed by atoms with Gasteiger partial charge in [0.2, 0.25) is 5.91 Å². The van der Waals surface area contributed by atoms with E-state index in [4.69, 9.17) is 21.4 Å². The molecule has 2 bridgehead atoms. The van der Waals surface area contributed by atoms with Crippen LogP contribution in [0.15, 0.2) is 36.9 Å². The van der Waals surface area contributed by atoms with E-state index in [2.05, 4.69) is 34.4 Å². The molecular weight excluding hydrogens is 578 g/mol. The molecule has 10 nitrogen and oxygen atoms in total. The van der Waals surface area contributed by atoms with Gasteiger partial charge in [-0.05, 0) is 75.6 Å². The summed E-state index contributed by atoms with van der Waals surface area (Å²) in [6.07, 6.45) is 11.7. The summed E-state index contributed by atoms with van der Waals surface area (Å²) in [5.74, 6) is 1.31. The Bertz CT molecular complexity index is 1390. The molecule has 1 atom stereocenters. The van der Waals surface area contributed by atoms with Crippen molar-refractivity contribution in [3.8, 4) is 5.75 Å². The highest BCUT2D eigenvalue weighted by Gasteiger charge is 2.30. The molecule has 1 aliphatic carbocycles. The number of nitrogens with one attached hydrogen (secondary N) is 2. The van der Waals surface area contributed by atoms with Crippen LogP contribution in [-0.4, -0.2) is 68.3 Å². The van der Waals surface area contributed by atoms with Crippen LogP contribution in [0.1, 0.15) is 79.7 Å². The first kappa shape index (κ1) is 32.0. The number of imidazole rings is 1. The molecule has 1 aromatic carbocycles. The lowest BCUT2D eigenvalue weighted by molar-refractivity contribution is -0.122. The molecule has 5 rings (SSSR count). The van der Waals surface area contributed by atoms with E-state index in [9.17, 15) is 9.59 Å². The number of fused-ring (bicyclic) bond motifs is 1. The fraction of sp³-hybridized carbons (Fsp3) is 0.576. The number of carbonyl (C=O) groups excluding carboxylic acids is 2. The van der Waals surface area contributed by atoms with Gasteiger partial charge in [0.15, 0.2) is 5.69 Å². The average molecular weight is 624 g/mol. The second-order valence-electron chi connectivity index (χ2n) is 12.4. The van der Waals surface area contributed by atoms with Crippen LogP contribution in [-0.2, 0) is 37.3 Å². The van der Waals surface area contributed by atoms with Crippen molar-refractivity contribution < 1.29 is 14.3 Å². The molecule has 2 aliphatic rings. The molecule has 44 heavy (non-hydrogen) atoms. The van der Waals surface area contributed by atoms with Crippen LogP contribution in [0.4, 0.5) is 0 Å². The third kappa shape index (κ3) is 8.85. The predicted octanol–water partition coefficient (Wildman–Crippen LogP) is 4.64. The standard InChI is InChI=1S/C33H46ClN7O3/c1-24(2)11-17-41-29-9-8-27-21-28(29)32(38-41)33(43)36-12-4-15-39(14-3-6-31(42)37-27)22-25-20-26(34)7-10-30(25)44-19-5-16-40-18-13-35-23-40/h7,10,13,18,20,23-24,27H,3-6,8-9,11-12,14-17,19,21-22H2,1-2H3,(H,36,43)(H,37,42). The highest BCUT2D eigenvalue weighted by Crippen LogP contribution is 2.27. The Hall–Kier alpha value is -3.37. The summed E-state index contributed by atoms with van der Waals surface area (Å²) in [4.78, 5) is 32.8. The van der Waals surface area contributed by atoms with Gasteiger partial charge in [0.25, 0.3) is 5.91 Å². The van der Waals surface area contributed by atoms with Gasteiger partial charge in [-0.1, -0.05) is 25.4 Å². The molecule has 3 heterocycles.